The lowest BCUT2D eigenvalue weighted by molar-refractivity contribution is 0.0458. The monoisotopic (exact) mass is 472 g/mol. The molecule has 1 aromatic carbocycles. The molecule has 0 radical (unpaired) electrons. The molecule has 0 spiro atoms. The SMILES string of the molecule is COc1cc(OC)cc(C(=O)OCCN2CCN(c3nc4c([nH]3)c(=O)n(C)c(=O)n4C)CC2)c1. The summed E-state index contributed by atoms with van der Waals surface area (Å²) in [5.74, 6) is 1.16. The number of aromatic nitrogens is 4. The lowest BCUT2D eigenvalue weighted by atomic mass is 10.2. The number of H-pyrrole nitrogens is 1. The van der Waals surface area contributed by atoms with Crippen LogP contribution in [0.1, 0.15) is 10.4 Å². The molecule has 34 heavy (non-hydrogen) atoms. The van der Waals surface area contributed by atoms with Gasteiger partial charge in [0.15, 0.2) is 11.2 Å². The van der Waals surface area contributed by atoms with Crippen molar-refractivity contribution in [2.75, 3.05) is 58.5 Å². The molecule has 4 rings (SSSR count). The Labute approximate surface area is 195 Å². The molecule has 0 bridgehead atoms. The van der Waals surface area contributed by atoms with Gasteiger partial charge >= 0.3 is 11.7 Å². The lowest BCUT2D eigenvalue weighted by Gasteiger charge is -2.34. The number of piperazine rings is 1. The molecule has 1 saturated heterocycles. The highest BCUT2D eigenvalue weighted by Crippen LogP contribution is 2.23. The van der Waals surface area contributed by atoms with Crippen LogP contribution in [0.2, 0.25) is 0 Å². The topological polar surface area (TPSA) is 124 Å². The number of aromatic amines is 1. The van der Waals surface area contributed by atoms with Crippen LogP contribution in [0.5, 0.6) is 11.5 Å². The summed E-state index contributed by atoms with van der Waals surface area (Å²) in [5.41, 5.74) is 0.203. The Morgan fingerprint density at radius 2 is 1.65 bits per heavy atom. The zero-order valence-electron chi connectivity index (χ0n) is 19.7. The summed E-state index contributed by atoms with van der Waals surface area (Å²) in [6, 6.07) is 4.91. The number of esters is 1. The van der Waals surface area contributed by atoms with Crippen LogP contribution in [0.25, 0.3) is 11.2 Å². The van der Waals surface area contributed by atoms with Crippen molar-refractivity contribution in [2.45, 2.75) is 0 Å². The minimum atomic E-state index is -0.440. The van der Waals surface area contributed by atoms with E-state index in [-0.39, 0.29) is 6.61 Å². The second kappa shape index (κ2) is 9.59. The van der Waals surface area contributed by atoms with Crippen molar-refractivity contribution < 1.29 is 19.0 Å². The van der Waals surface area contributed by atoms with Crippen LogP contribution in [0.4, 0.5) is 5.95 Å². The summed E-state index contributed by atoms with van der Waals surface area (Å²) in [6.45, 7) is 3.66. The summed E-state index contributed by atoms with van der Waals surface area (Å²) in [4.78, 5) is 48.7. The van der Waals surface area contributed by atoms with E-state index < -0.39 is 17.2 Å². The van der Waals surface area contributed by atoms with Gasteiger partial charge in [-0.3, -0.25) is 18.8 Å². The summed E-state index contributed by atoms with van der Waals surface area (Å²) in [7, 11) is 6.09. The van der Waals surface area contributed by atoms with Crippen molar-refractivity contribution in [3.63, 3.8) is 0 Å². The number of nitrogens with one attached hydrogen (secondary N) is 1. The van der Waals surface area contributed by atoms with Crippen LogP contribution >= 0.6 is 0 Å². The van der Waals surface area contributed by atoms with Gasteiger partial charge in [-0.25, -0.2) is 9.59 Å². The molecule has 0 atom stereocenters. The summed E-state index contributed by atoms with van der Waals surface area (Å²) in [6.07, 6.45) is 0. The maximum absolute atomic E-state index is 12.4. The van der Waals surface area contributed by atoms with E-state index >= 15 is 0 Å². The highest BCUT2D eigenvalue weighted by Gasteiger charge is 2.22. The van der Waals surface area contributed by atoms with Gasteiger partial charge in [0.05, 0.1) is 19.8 Å². The zero-order chi connectivity index (χ0) is 24.4. The van der Waals surface area contributed by atoms with Crippen LogP contribution in [0, 0.1) is 0 Å². The molecular formula is C22H28N6O6. The molecule has 0 amide bonds. The lowest BCUT2D eigenvalue weighted by Crippen LogP contribution is -2.47. The molecule has 1 fully saturated rings. The largest absolute Gasteiger partial charge is 0.497 e. The first-order valence-corrected chi connectivity index (χ1v) is 10.9. The number of methoxy groups -OCH3 is 2. The van der Waals surface area contributed by atoms with Crippen LogP contribution in [0.3, 0.4) is 0 Å². The molecule has 0 aliphatic carbocycles. The van der Waals surface area contributed by atoms with Gasteiger partial charge < -0.3 is 24.1 Å². The Kier molecular flexibility index (Phi) is 6.59. The fourth-order valence-electron chi connectivity index (χ4n) is 3.92. The Morgan fingerprint density at radius 3 is 2.26 bits per heavy atom. The van der Waals surface area contributed by atoms with Crippen molar-refractivity contribution in [1.82, 2.24) is 24.0 Å². The van der Waals surface area contributed by atoms with Crippen LogP contribution in [0.15, 0.2) is 27.8 Å². The Balaban J connectivity index is 1.32. The highest BCUT2D eigenvalue weighted by atomic mass is 16.5. The van der Waals surface area contributed by atoms with Gasteiger partial charge in [-0.1, -0.05) is 0 Å². The second-order valence-electron chi connectivity index (χ2n) is 8.03. The first-order chi connectivity index (χ1) is 16.3. The van der Waals surface area contributed by atoms with Crippen molar-refractivity contribution in [3.8, 4) is 11.5 Å². The molecule has 3 heterocycles. The van der Waals surface area contributed by atoms with E-state index in [0.717, 1.165) is 17.7 Å². The van der Waals surface area contributed by atoms with Gasteiger partial charge in [-0.2, -0.15) is 4.98 Å². The highest BCUT2D eigenvalue weighted by molar-refractivity contribution is 5.90. The van der Waals surface area contributed by atoms with Gasteiger partial charge in [-0.05, 0) is 12.1 Å². The fraction of sp³-hybridized carbons (Fsp3) is 0.455. The van der Waals surface area contributed by atoms with E-state index in [1.54, 1.807) is 25.2 Å². The van der Waals surface area contributed by atoms with E-state index in [4.69, 9.17) is 14.2 Å². The average molecular weight is 473 g/mol. The molecule has 1 N–H and O–H groups in total. The van der Waals surface area contributed by atoms with Crippen molar-refractivity contribution in [3.05, 3.63) is 44.6 Å². The number of imidazole rings is 1. The number of aryl methyl sites for hydroxylation is 1. The Hall–Kier alpha value is -3.80. The third kappa shape index (κ3) is 4.49. The fourth-order valence-corrected chi connectivity index (χ4v) is 3.92. The number of carbonyl (C=O) groups is 1. The maximum Gasteiger partial charge on any atom is 0.338 e. The van der Waals surface area contributed by atoms with E-state index in [2.05, 4.69) is 14.9 Å². The molecule has 182 valence electrons. The number of nitrogens with zero attached hydrogens (tertiary/aromatic N) is 5. The zero-order valence-corrected chi connectivity index (χ0v) is 19.7. The van der Waals surface area contributed by atoms with Gasteiger partial charge in [-0.15, -0.1) is 0 Å². The molecule has 2 aromatic heterocycles. The summed E-state index contributed by atoms with van der Waals surface area (Å²) in [5, 5.41) is 0. The number of anilines is 1. The summed E-state index contributed by atoms with van der Waals surface area (Å²) >= 11 is 0. The van der Waals surface area contributed by atoms with Gasteiger partial charge in [0, 0.05) is 52.9 Å². The van der Waals surface area contributed by atoms with E-state index in [0.29, 0.717) is 53.8 Å². The predicted octanol–water partition coefficient (Wildman–Crippen LogP) is -0.0435. The third-order valence-corrected chi connectivity index (χ3v) is 5.98. The first kappa shape index (κ1) is 23.4. The van der Waals surface area contributed by atoms with Gasteiger partial charge in [0.1, 0.15) is 18.1 Å². The standard InChI is InChI=1S/C22H28N6O6/c1-25-18-17(19(29)26(2)22(25)31)23-21(24-18)28-7-5-27(6-8-28)9-10-34-20(30)14-11-15(32-3)13-16(12-14)33-4/h11-13H,5-10H2,1-4H3,(H,23,24). The second-order valence-corrected chi connectivity index (χ2v) is 8.03. The molecule has 12 heteroatoms. The van der Waals surface area contributed by atoms with E-state index in [1.807, 2.05) is 4.90 Å². The molecule has 1 aliphatic rings. The molecular weight excluding hydrogens is 444 g/mol. The van der Waals surface area contributed by atoms with Gasteiger partial charge in [0.25, 0.3) is 5.56 Å². The quantitative estimate of drug-likeness (QED) is 0.472. The summed E-state index contributed by atoms with van der Waals surface area (Å²) < 4.78 is 18.2. The number of benzene rings is 1. The smallest absolute Gasteiger partial charge is 0.338 e. The molecule has 12 nitrogen and oxygen atoms in total. The van der Waals surface area contributed by atoms with Crippen molar-refractivity contribution in [2.24, 2.45) is 14.1 Å². The number of hydrogen-bond acceptors (Lipinski definition) is 9. The van der Waals surface area contributed by atoms with Crippen LogP contribution in [-0.4, -0.2) is 83.5 Å². The average Bonchev–Trinajstić information content (AvgIpc) is 3.32. The predicted molar refractivity (Wildman–Crippen MR) is 125 cm³/mol. The molecule has 0 unspecified atom stereocenters. The normalized spacial score (nSPS) is 14.4. The van der Waals surface area contributed by atoms with Crippen LogP contribution in [-0.2, 0) is 18.8 Å². The number of hydrogen-bond donors (Lipinski definition) is 1. The number of ether oxygens (including phenoxy) is 3. The minimum absolute atomic E-state index is 0.251. The van der Waals surface area contributed by atoms with E-state index in [1.165, 1.54) is 25.8 Å². The van der Waals surface area contributed by atoms with E-state index in [9.17, 15) is 14.4 Å². The molecule has 0 saturated carbocycles. The van der Waals surface area contributed by atoms with Gasteiger partial charge in [0.2, 0.25) is 5.95 Å². The van der Waals surface area contributed by atoms with Crippen LogP contribution < -0.4 is 25.6 Å². The maximum atomic E-state index is 12.4. The number of carbonyl (C=O) groups excluding carboxylic acids is 1. The van der Waals surface area contributed by atoms with Crippen molar-refractivity contribution in [1.29, 1.82) is 0 Å². The first-order valence-electron chi connectivity index (χ1n) is 10.9. The van der Waals surface area contributed by atoms with Crippen molar-refractivity contribution >= 4 is 23.1 Å². The number of rotatable bonds is 7. The molecule has 3 aromatic rings. The number of fused-ring (bicyclic) bond motifs is 1. The Morgan fingerprint density at radius 1 is 1.00 bits per heavy atom. The Bertz CT molecular complexity index is 1300. The third-order valence-electron chi connectivity index (χ3n) is 5.98. The molecule has 1 aliphatic heterocycles. The minimum Gasteiger partial charge on any atom is -0.497 e.